The van der Waals surface area contributed by atoms with Crippen LogP contribution >= 0.6 is 0 Å². The van der Waals surface area contributed by atoms with Crippen molar-refractivity contribution in [2.45, 2.75) is 4.90 Å². The highest BCUT2D eigenvalue weighted by molar-refractivity contribution is 7.89. The van der Waals surface area contributed by atoms with Gasteiger partial charge in [0.25, 0.3) is 0 Å². The zero-order valence-electron chi connectivity index (χ0n) is 16.0. The number of hydrogen-bond donors (Lipinski definition) is 1. The van der Waals surface area contributed by atoms with Gasteiger partial charge in [-0.15, -0.1) is 0 Å². The maximum Gasteiger partial charge on any atom is 0.338 e. The molecule has 0 saturated carbocycles. The molecule has 2 fully saturated rings. The minimum absolute atomic E-state index is 0.0470. The molecular weight excluding hydrogens is 404 g/mol. The number of anilines is 1. The van der Waals surface area contributed by atoms with Crippen LogP contribution in [-0.2, 0) is 10.0 Å². The third kappa shape index (κ3) is 3.20. The Hall–Kier alpha value is -3.04. The molecule has 0 aliphatic carbocycles. The molecular formula is C21H20N4O4S. The summed E-state index contributed by atoms with van der Waals surface area (Å²) in [7, 11) is -3.55. The van der Waals surface area contributed by atoms with Crippen molar-refractivity contribution in [2.24, 2.45) is 11.8 Å². The van der Waals surface area contributed by atoms with Crippen molar-refractivity contribution in [3.8, 4) is 0 Å². The van der Waals surface area contributed by atoms with E-state index in [4.69, 9.17) is 5.11 Å². The van der Waals surface area contributed by atoms with E-state index in [1.807, 2.05) is 35.2 Å². The van der Waals surface area contributed by atoms with Gasteiger partial charge in [0.1, 0.15) is 0 Å². The highest BCUT2D eigenvalue weighted by Gasteiger charge is 2.44. The third-order valence-electron chi connectivity index (χ3n) is 5.98. The molecule has 2 atom stereocenters. The van der Waals surface area contributed by atoms with Crippen LogP contribution in [0.15, 0.2) is 59.8 Å². The van der Waals surface area contributed by atoms with Gasteiger partial charge in [0.2, 0.25) is 16.0 Å². The molecule has 0 amide bonds. The number of fused-ring (bicyclic) bond motifs is 2. The largest absolute Gasteiger partial charge is 0.478 e. The lowest BCUT2D eigenvalue weighted by molar-refractivity contribution is 0.0696. The van der Waals surface area contributed by atoms with E-state index in [1.54, 1.807) is 16.4 Å². The van der Waals surface area contributed by atoms with E-state index in [2.05, 4.69) is 9.97 Å². The van der Waals surface area contributed by atoms with Crippen LogP contribution in [-0.4, -0.2) is 59.9 Å². The number of aromatic carboxylic acids is 1. The molecule has 1 aromatic heterocycles. The normalized spacial score (nSPS) is 21.8. The third-order valence-corrected chi connectivity index (χ3v) is 7.81. The quantitative estimate of drug-likeness (QED) is 0.684. The van der Waals surface area contributed by atoms with Crippen LogP contribution < -0.4 is 4.90 Å². The Labute approximate surface area is 173 Å². The van der Waals surface area contributed by atoms with Gasteiger partial charge in [-0.25, -0.2) is 23.2 Å². The number of hydrogen-bond acceptors (Lipinski definition) is 6. The van der Waals surface area contributed by atoms with Crippen molar-refractivity contribution in [3.63, 3.8) is 0 Å². The number of carboxylic acid groups (broad SMARTS) is 1. The first kappa shape index (κ1) is 19.0. The fourth-order valence-corrected chi connectivity index (χ4v) is 5.97. The highest BCUT2D eigenvalue weighted by atomic mass is 32.2. The van der Waals surface area contributed by atoms with Crippen LogP contribution in [0.4, 0.5) is 5.95 Å². The fourth-order valence-electron chi connectivity index (χ4n) is 4.38. The molecule has 2 unspecified atom stereocenters. The number of sulfonamides is 1. The van der Waals surface area contributed by atoms with E-state index in [1.165, 1.54) is 12.4 Å². The second-order valence-corrected chi connectivity index (χ2v) is 9.77. The van der Waals surface area contributed by atoms with Gasteiger partial charge in [-0.05, 0) is 34.7 Å². The van der Waals surface area contributed by atoms with Gasteiger partial charge < -0.3 is 10.0 Å². The van der Waals surface area contributed by atoms with E-state index in [-0.39, 0.29) is 17.4 Å². The minimum Gasteiger partial charge on any atom is -0.478 e. The Morgan fingerprint density at radius 1 is 0.933 bits per heavy atom. The summed E-state index contributed by atoms with van der Waals surface area (Å²) in [6.45, 7) is 2.23. The lowest BCUT2D eigenvalue weighted by Gasteiger charge is -2.21. The van der Waals surface area contributed by atoms with Crippen LogP contribution in [0.25, 0.3) is 10.8 Å². The first-order valence-electron chi connectivity index (χ1n) is 9.71. The first-order valence-corrected chi connectivity index (χ1v) is 11.1. The summed E-state index contributed by atoms with van der Waals surface area (Å²) < 4.78 is 28.0. The van der Waals surface area contributed by atoms with Crippen molar-refractivity contribution in [2.75, 3.05) is 31.1 Å². The van der Waals surface area contributed by atoms with Crippen molar-refractivity contribution in [1.29, 1.82) is 0 Å². The summed E-state index contributed by atoms with van der Waals surface area (Å²) in [5.41, 5.74) is 0.0470. The van der Waals surface area contributed by atoms with Crippen molar-refractivity contribution < 1.29 is 18.3 Å². The van der Waals surface area contributed by atoms with Gasteiger partial charge in [0, 0.05) is 38.6 Å². The number of rotatable bonds is 4. The summed E-state index contributed by atoms with van der Waals surface area (Å²) >= 11 is 0. The van der Waals surface area contributed by atoms with Crippen LogP contribution in [0.5, 0.6) is 0 Å². The number of carbonyl (C=O) groups is 1. The lowest BCUT2D eigenvalue weighted by atomic mass is 10.0. The summed E-state index contributed by atoms with van der Waals surface area (Å²) in [5.74, 6) is -0.182. The standard InChI is InChI=1S/C21H20N4O4S/c26-20(27)16-8-22-21(23-9-16)24-10-17-12-25(13-18(17)11-24)30(28,29)19-6-5-14-3-1-2-4-15(14)7-19/h1-9,17-18H,10-13H2,(H,26,27). The molecule has 3 aromatic rings. The highest BCUT2D eigenvalue weighted by Crippen LogP contribution is 2.35. The molecule has 2 aliphatic heterocycles. The van der Waals surface area contributed by atoms with Crippen LogP contribution in [0.2, 0.25) is 0 Å². The minimum atomic E-state index is -3.55. The second kappa shape index (κ2) is 7.03. The van der Waals surface area contributed by atoms with Crippen LogP contribution in [0, 0.1) is 11.8 Å². The van der Waals surface area contributed by atoms with Crippen LogP contribution in [0.1, 0.15) is 10.4 Å². The molecule has 3 heterocycles. The molecule has 2 aromatic carbocycles. The molecule has 2 saturated heterocycles. The smallest absolute Gasteiger partial charge is 0.338 e. The van der Waals surface area contributed by atoms with Gasteiger partial charge in [0.05, 0.1) is 10.5 Å². The van der Waals surface area contributed by atoms with E-state index >= 15 is 0 Å². The number of aromatic nitrogens is 2. The van der Waals surface area contributed by atoms with Gasteiger partial charge in [-0.1, -0.05) is 30.3 Å². The number of carboxylic acids is 1. The SMILES string of the molecule is O=C(O)c1cnc(N2CC3CN(S(=O)(=O)c4ccc5ccccc5c4)CC3C2)nc1. The van der Waals surface area contributed by atoms with E-state index in [9.17, 15) is 13.2 Å². The Kier molecular flexibility index (Phi) is 4.44. The van der Waals surface area contributed by atoms with Gasteiger partial charge in [0.15, 0.2) is 0 Å². The average molecular weight is 424 g/mol. The molecule has 154 valence electrons. The van der Waals surface area contributed by atoms with Gasteiger partial charge in [-0.2, -0.15) is 4.31 Å². The van der Waals surface area contributed by atoms with Crippen molar-refractivity contribution in [1.82, 2.24) is 14.3 Å². The van der Waals surface area contributed by atoms with E-state index < -0.39 is 16.0 Å². The predicted octanol–water partition coefficient (Wildman–Crippen LogP) is 2.08. The first-order chi connectivity index (χ1) is 14.4. The molecule has 0 radical (unpaired) electrons. The monoisotopic (exact) mass is 424 g/mol. The Morgan fingerprint density at radius 2 is 1.57 bits per heavy atom. The zero-order valence-corrected chi connectivity index (χ0v) is 16.9. The Bertz CT molecular complexity index is 1220. The maximum absolute atomic E-state index is 13.2. The summed E-state index contributed by atoms with van der Waals surface area (Å²) in [4.78, 5) is 21.6. The fraction of sp³-hybridized carbons (Fsp3) is 0.286. The number of benzene rings is 2. The molecule has 30 heavy (non-hydrogen) atoms. The lowest BCUT2D eigenvalue weighted by Crippen LogP contribution is -2.33. The van der Waals surface area contributed by atoms with Gasteiger partial charge >= 0.3 is 5.97 Å². The molecule has 5 rings (SSSR count). The second-order valence-electron chi connectivity index (χ2n) is 7.83. The molecule has 0 bridgehead atoms. The van der Waals surface area contributed by atoms with Crippen molar-refractivity contribution >= 4 is 32.7 Å². The zero-order chi connectivity index (χ0) is 20.9. The summed E-state index contributed by atoms with van der Waals surface area (Å²) in [5, 5.41) is 10.9. The van der Waals surface area contributed by atoms with Crippen molar-refractivity contribution in [3.05, 3.63) is 60.4 Å². The topological polar surface area (TPSA) is 104 Å². The molecule has 1 N–H and O–H groups in total. The van der Waals surface area contributed by atoms with E-state index in [0.29, 0.717) is 37.0 Å². The summed E-state index contributed by atoms with van der Waals surface area (Å²) in [6.07, 6.45) is 2.60. The molecule has 2 aliphatic rings. The molecule has 8 nitrogen and oxygen atoms in total. The maximum atomic E-state index is 13.2. The Balaban J connectivity index is 1.31. The Morgan fingerprint density at radius 3 is 2.20 bits per heavy atom. The van der Waals surface area contributed by atoms with Gasteiger partial charge in [-0.3, -0.25) is 0 Å². The average Bonchev–Trinajstić information content (AvgIpc) is 3.33. The summed E-state index contributed by atoms with van der Waals surface area (Å²) in [6, 6.07) is 13.0. The predicted molar refractivity (Wildman–Crippen MR) is 111 cm³/mol. The van der Waals surface area contributed by atoms with Crippen LogP contribution in [0.3, 0.4) is 0 Å². The molecule has 0 spiro atoms. The molecule has 9 heteroatoms. The van der Waals surface area contributed by atoms with E-state index in [0.717, 1.165) is 10.8 Å². The number of nitrogens with zero attached hydrogens (tertiary/aromatic N) is 4.